The third-order valence-corrected chi connectivity index (χ3v) is 3.93. The summed E-state index contributed by atoms with van der Waals surface area (Å²) in [5.74, 6) is 2.76. The largest absolute Gasteiger partial charge is 0.295 e. The summed E-state index contributed by atoms with van der Waals surface area (Å²) in [7, 11) is 0. The van der Waals surface area contributed by atoms with Gasteiger partial charge in [0.1, 0.15) is 0 Å². The highest BCUT2D eigenvalue weighted by atomic mass is 16.1. The summed E-state index contributed by atoms with van der Waals surface area (Å²) in [4.78, 5) is 11.2. The van der Waals surface area contributed by atoms with Gasteiger partial charge in [-0.05, 0) is 43.1 Å². The number of carbonyl (C=O) groups is 1. The average molecular weight is 162 g/mol. The molecule has 0 aromatic rings. The Labute approximate surface area is 72.8 Å². The van der Waals surface area contributed by atoms with E-state index in [0.717, 1.165) is 18.3 Å². The maximum atomic E-state index is 11.2. The van der Waals surface area contributed by atoms with Crippen molar-refractivity contribution in [3.05, 3.63) is 11.6 Å². The topological polar surface area (TPSA) is 17.1 Å². The zero-order valence-corrected chi connectivity index (χ0v) is 7.25. The van der Waals surface area contributed by atoms with Crippen molar-refractivity contribution in [1.29, 1.82) is 0 Å². The second-order valence-electron chi connectivity index (χ2n) is 4.54. The van der Waals surface area contributed by atoms with E-state index in [1.54, 1.807) is 0 Å². The highest BCUT2D eigenvalue weighted by Gasteiger charge is 2.44. The predicted octanol–water partition coefficient (Wildman–Crippen LogP) is 2.32. The van der Waals surface area contributed by atoms with E-state index >= 15 is 0 Å². The maximum absolute atomic E-state index is 11.2. The molecular weight excluding hydrogens is 148 g/mol. The minimum Gasteiger partial charge on any atom is -0.295 e. The first-order valence-electron chi connectivity index (χ1n) is 5.09. The first kappa shape index (κ1) is 6.88. The van der Waals surface area contributed by atoms with Gasteiger partial charge < -0.3 is 0 Å². The molecule has 1 nitrogen and oxygen atoms in total. The van der Waals surface area contributed by atoms with Gasteiger partial charge in [0.05, 0.1) is 0 Å². The van der Waals surface area contributed by atoms with Crippen molar-refractivity contribution >= 4 is 5.78 Å². The summed E-state index contributed by atoms with van der Waals surface area (Å²) in [6, 6.07) is 0. The Balaban J connectivity index is 2.00. The van der Waals surface area contributed by atoms with Crippen LogP contribution in [0.5, 0.6) is 0 Å². The van der Waals surface area contributed by atoms with Crippen molar-refractivity contribution < 1.29 is 4.79 Å². The van der Waals surface area contributed by atoms with Crippen LogP contribution in [0.25, 0.3) is 0 Å². The van der Waals surface area contributed by atoms with E-state index in [9.17, 15) is 4.79 Å². The molecule has 3 unspecified atom stereocenters. The minimum absolute atomic E-state index is 0.395. The molecule has 0 heterocycles. The van der Waals surface area contributed by atoms with Gasteiger partial charge in [0.2, 0.25) is 0 Å². The molecule has 0 radical (unpaired) electrons. The molecule has 0 N–H and O–H groups in total. The molecule has 2 bridgehead atoms. The quantitative estimate of drug-likeness (QED) is 0.534. The lowest BCUT2D eigenvalue weighted by Gasteiger charge is -2.19. The SMILES string of the molecule is O=C1C=C2C3CCCC(C3)C2C1. The van der Waals surface area contributed by atoms with Crippen molar-refractivity contribution in [3.8, 4) is 0 Å². The predicted molar refractivity (Wildman–Crippen MR) is 46.6 cm³/mol. The fourth-order valence-corrected chi connectivity index (χ4v) is 3.44. The molecular formula is C11H14O. The van der Waals surface area contributed by atoms with Gasteiger partial charge in [0.25, 0.3) is 0 Å². The Bertz CT molecular complexity index is 264. The number of hydrogen-bond donors (Lipinski definition) is 0. The highest BCUT2D eigenvalue weighted by Crippen LogP contribution is 2.53. The van der Waals surface area contributed by atoms with Crippen LogP contribution >= 0.6 is 0 Å². The number of carbonyl (C=O) groups excluding carboxylic acids is 1. The van der Waals surface area contributed by atoms with Crippen LogP contribution in [0.1, 0.15) is 32.1 Å². The summed E-state index contributed by atoms with van der Waals surface area (Å²) in [6.45, 7) is 0. The summed E-state index contributed by atoms with van der Waals surface area (Å²) in [6.07, 6.45) is 8.33. The van der Waals surface area contributed by atoms with E-state index in [1.807, 2.05) is 6.08 Å². The number of fused-ring (bicyclic) bond motifs is 5. The Morgan fingerprint density at radius 3 is 3.17 bits per heavy atom. The van der Waals surface area contributed by atoms with Crippen LogP contribution in [0.2, 0.25) is 0 Å². The monoisotopic (exact) mass is 162 g/mol. The van der Waals surface area contributed by atoms with Gasteiger partial charge in [0.15, 0.2) is 5.78 Å². The molecule has 1 heteroatoms. The molecule has 0 aliphatic heterocycles. The van der Waals surface area contributed by atoms with Gasteiger partial charge in [-0.2, -0.15) is 0 Å². The zero-order valence-electron chi connectivity index (χ0n) is 7.25. The fraction of sp³-hybridized carbons (Fsp3) is 0.727. The summed E-state index contributed by atoms with van der Waals surface area (Å²) < 4.78 is 0. The van der Waals surface area contributed by atoms with E-state index in [-0.39, 0.29) is 0 Å². The van der Waals surface area contributed by atoms with E-state index < -0.39 is 0 Å². The summed E-state index contributed by atoms with van der Waals surface area (Å²) in [5.41, 5.74) is 1.53. The number of rotatable bonds is 0. The van der Waals surface area contributed by atoms with Gasteiger partial charge in [-0.1, -0.05) is 12.0 Å². The van der Waals surface area contributed by atoms with E-state index in [1.165, 1.54) is 31.3 Å². The standard InChI is InChI=1S/C11H14O/c12-9-5-10-7-2-1-3-8(4-7)11(10)6-9/h5,7-8,11H,1-4,6H2. The van der Waals surface area contributed by atoms with Gasteiger partial charge in [-0.3, -0.25) is 4.79 Å². The van der Waals surface area contributed by atoms with Crippen LogP contribution in [0.15, 0.2) is 11.6 Å². The third-order valence-electron chi connectivity index (χ3n) is 3.93. The Hall–Kier alpha value is -0.590. The van der Waals surface area contributed by atoms with Crippen molar-refractivity contribution in [1.82, 2.24) is 0 Å². The van der Waals surface area contributed by atoms with E-state index in [0.29, 0.717) is 11.7 Å². The second-order valence-corrected chi connectivity index (χ2v) is 4.54. The maximum Gasteiger partial charge on any atom is 0.156 e. The molecule has 3 atom stereocenters. The van der Waals surface area contributed by atoms with E-state index in [4.69, 9.17) is 0 Å². The van der Waals surface area contributed by atoms with Crippen LogP contribution in [-0.4, -0.2) is 5.78 Å². The molecule has 3 aliphatic rings. The van der Waals surface area contributed by atoms with Crippen LogP contribution < -0.4 is 0 Å². The highest BCUT2D eigenvalue weighted by molar-refractivity contribution is 5.94. The fourth-order valence-electron chi connectivity index (χ4n) is 3.44. The van der Waals surface area contributed by atoms with Crippen molar-refractivity contribution in [2.24, 2.45) is 17.8 Å². The van der Waals surface area contributed by atoms with Crippen molar-refractivity contribution in [3.63, 3.8) is 0 Å². The molecule has 0 amide bonds. The normalized spacial score (nSPS) is 44.5. The Kier molecular flexibility index (Phi) is 1.27. The van der Waals surface area contributed by atoms with Crippen LogP contribution in [0.4, 0.5) is 0 Å². The first-order chi connectivity index (χ1) is 5.84. The number of allylic oxidation sites excluding steroid dienone is 2. The minimum atomic E-state index is 0.395. The Morgan fingerprint density at radius 2 is 2.25 bits per heavy atom. The second kappa shape index (κ2) is 2.21. The van der Waals surface area contributed by atoms with E-state index in [2.05, 4.69) is 0 Å². The van der Waals surface area contributed by atoms with Crippen LogP contribution in [-0.2, 0) is 4.79 Å². The molecule has 0 aromatic heterocycles. The number of hydrogen-bond acceptors (Lipinski definition) is 1. The van der Waals surface area contributed by atoms with Gasteiger partial charge in [-0.25, -0.2) is 0 Å². The lowest BCUT2D eigenvalue weighted by Crippen LogP contribution is -2.10. The van der Waals surface area contributed by atoms with Crippen molar-refractivity contribution in [2.45, 2.75) is 32.1 Å². The summed E-state index contributed by atoms with van der Waals surface area (Å²) >= 11 is 0. The van der Waals surface area contributed by atoms with Gasteiger partial charge >= 0.3 is 0 Å². The molecule has 0 saturated heterocycles. The molecule has 2 saturated carbocycles. The smallest absolute Gasteiger partial charge is 0.156 e. The van der Waals surface area contributed by atoms with Crippen molar-refractivity contribution in [2.75, 3.05) is 0 Å². The van der Waals surface area contributed by atoms with Gasteiger partial charge in [0, 0.05) is 6.42 Å². The third kappa shape index (κ3) is 0.769. The number of ketones is 1. The first-order valence-corrected chi connectivity index (χ1v) is 5.09. The molecule has 12 heavy (non-hydrogen) atoms. The molecule has 2 fully saturated rings. The average Bonchev–Trinajstić information content (AvgIpc) is 2.55. The van der Waals surface area contributed by atoms with Crippen LogP contribution in [0.3, 0.4) is 0 Å². The molecule has 0 aromatic carbocycles. The lowest BCUT2D eigenvalue weighted by atomic mass is 9.86. The summed E-state index contributed by atoms with van der Waals surface area (Å²) in [5, 5.41) is 0. The molecule has 3 aliphatic carbocycles. The van der Waals surface area contributed by atoms with Crippen LogP contribution in [0, 0.1) is 17.8 Å². The lowest BCUT2D eigenvalue weighted by molar-refractivity contribution is -0.114. The Morgan fingerprint density at radius 1 is 1.33 bits per heavy atom. The molecule has 0 spiro atoms. The zero-order chi connectivity index (χ0) is 8.13. The molecule has 3 rings (SSSR count). The molecule has 64 valence electrons. The van der Waals surface area contributed by atoms with Gasteiger partial charge in [-0.15, -0.1) is 0 Å².